The minimum Gasteiger partial charge on any atom is -0.371 e. The maximum absolute atomic E-state index is 12.3. The summed E-state index contributed by atoms with van der Waals surface area (Å²) in [6, 6.07) is 6.16. The molecule has 0 aromatic heterocycles. The van der Waals surface area contributed by atoms with Gasteiger partial charge >= 0.3 is 0 Å². The van der Waals surface area contributed by atoms with Crippen molar-refractivity contribution in [1.29, 1.82) is 0 Å². The molecule has 0 heterocycles. The summed E-state index contributed by atoms with van der Waals surface area (Å²) >= 11 is 6.20. The lowest BCUT2D eigenvalue weighted by molar-refractivity contribution is -0.120. The van der Waals surface area contributed by atoms with E-state index in [9.17, 15) is 9.59 Å². The number of aryl methyl sites for hydroxylation is 1. The Kier molecular flexibility index (Phi) is 8.81. The molecular weight excluding hydrogens is 400 g/mol. The summed E-state index contributed by atoms with van der Waals surface area (Å²) in [5, 5.41) is 2.60. The summed E-state index contributed by atoms with van der Waals surface area (Å²) in [6.07, 6.45) is 4.78. The van der Waals surface area contributed by atoms with Crippen LogP contribution in [0.3, 0.4) is 0 Å². The topological polar surface area (TPSA) is 87.8 Å². The smallest absolute Gasteiger partial charge is 0.221 e. The second-order valence-electron chi connectivity index (χ2n) is 7.46. The van der Waals surface area contributed by atoms with Crippen molar-refractivity contribution in [3.05, 3.63) is 46.1 Å². The van der Waals surface area contributed by atoms with Gasteiger partial charge < -0.3 is 16.0 Å². The maximum Gasteiger partial charge on any atom is 0.221 e. The van der Waals surface area contributed by atoms with Gasteiger partial charge in [-0.2, -0.15) is 0 Å². The van der Waals surface area contributed by atoms with Crippen molar-refractivity contribution in [3.63, 3.8) is 0 Å². The predicted octanol–water partition coefficient (Wildman–Crippen LogP) is 4.14. The Morgan fingerprint density at radius 1 is 1.23 bits per heavy atom. The highest BCUT2D eigenvalue weighted by Gasteiger charge is 2.24. The number of allylic oxidation sites excluding steroid dienone is 3. The number of hydrogen-bond acceptors (Lipinski definition) is 5. The summed E-state index contributed by atoms with van der Waals surface area (Å²) in [5.74, 6) is -0.731. The number of nitrogens with zero attached hydrogens (tertiary/aromatic N) is 2. The molecule has 0 saturated carbocycles. The van der Waals surface area contributed by atoms with Crippen molar-refractivity contribution in [3.8, 4) is 0 Å². The summed E-state index contributed by atoms with van der Waals surface area (Å²) in [5.41, 5.74) is 9.95. The number of aliphatic imine (C=N–C) groups is 1. The highest BCUT2D eigenvalue weighted by Crippen LogP contribution is 2.29. The summed E-state index contributed by atoms with van der Waals surface area (Å²) in [4.78, 5) is 30.8. The van der Waals surface area contributed by atoms with E-state index in [4.69, 9.17) is 22.3 Å². The van der Waals surface area contributed by atoms with Gasteiger partial charge in [-0.3, -0.25) is 9.59 Å². The SMILES string of the molecule is CCCCN(CCCN)c1ccc(N=C2C=C(NC(C)=O)C(=O)C(Cl)=C2C)c(C)c1. The number of Topliss-reactive ketones (excluding diaryl/α,β-unsaturated/α-hetero) is 1. The van der Waals surface area contributed by atoms with Gasteiger partial charge in [-0.1, -0.05) is 24.9 Å². The van der Waals surface area contributed by atoms with Crippen LogP contribution in [0.4, 0.5) is 11.4 Å². The quantitative estimate of drug-likeness (QED) is 0.576. The average Bonchev–Trinajstić information content (AvgIpc) is 2.71. The number of anilines is 1. The number of carbonyl (C=O) groups is 2. The lowest BCUT2D eigenvalue weighted by Crippen LogP contribution is -2.29. The number of unbranched alkanes of at least 4 members (excludes halogenated alkanes) is 1. The molecule has 2 rings (SSSR count). The number of nitrogens with two attached hydrogens (primary N) is 1. The molecule has 30 heavy (non-hydrogen) atoms. The van der Waals surface area contributed by atoms with Crippen LogP contribution >= 0.6 is 11.6 Å². The highest BCUT2D eigenvalue weighted by molar-refractivity contribution is 6.49. The zero-order chi connectivity index (χ0) is 22.3. The van der Waals surface area contributed by atoms with Crippen LogP contribution < -0.4 is 16.0 Å². The molecule has 0 spiro atoms. The molecule has 0 atom stereocenters. The fourth-order valence-electron chi connectivity index (χ4n) is 3.20. The predicted molar refractivity (Wildman–Crippen MR) is 125 cm³/mol. The molecule has 1 aromatic rings. The van der Waals surface area contributed by atoms with E-state index in [1.54, 1.807) is 13.0 Å². The van der Waals surface area contributed by atoms with E-state index in [1.807, 2.05) is 13.0 Å². The normalized spacial score (nSPS) is 15.5. The number of nitrogens with one attached hydrogen (secondary N) is 1. The highest BCUT2D eigenvalue weighted by atomic mass is 35.5. The van der Waals surface area contributed by atoms with Gasteiger partial charge in [-0.25, -0.2) is 4.99 Å². The lowest BCUT2D eigenvalue weighted by atomic mass is 10.0. The van der Waals surface area contributed by atoms with Gasteiger partial charge in [0.25, 0.3) is 0 Å². The molecule has 0 bridgehead atoms. The van der Waals surface area contributed by atoms with Crippen LogP contribution in [0.2, 0.25) is 0 Å². The van der Waals surface area contributed by atoms with Crippen molar-refractivity contribution in [2.24, 2.45) is 10.7 Å². The standard InChI is InChI=1S/C23H31ClN4O2/c1-5-6-11-28(12-7-10-25)18-8-9-19(15(2)13-18)27-20-14-21(26-17(4)29)23(30)22(24)16(20)3/h8-9,13-14H,5-7,10-12,25H2,1-4H3,(H,26,29). The molecule has 0 radical (unpaired) electrons. The molecule has 0 saturated heterocycles. The van der Waals surface area contributed by atoms with E-state index in [1.165, 1.54) is 6.92 Å². The first kappa shape index (κ1) is 23.8. The maximum atomic E-state index is 12.3. The van der Waals surface area contributed by atoms with Crippen LogP contribution in [0.5, 0.6) is 0 Å². The monoisotopic (exact) mass is 430 g/mol. The van der Waals surface area contributed by atoms with Crippen LogP contribution in [0.15, 0.2) is 45.6 Å². The number of carbonyl (C=O) groups excluding carboxylic acids is 2. The van der Waals surface area contributed by atoms with Crippen LogP contribution in [0, 0.1) is 6.92 Å². The number of benzene rings is 1. The third-order valence-corrected chi connectivity index (χ3v) is 5.40. The van der Waals surface area contributed by atoms with Gasteiger partial charge in [-0.15, -0.1) is 0 Å². The molecule has 1 aromatic carbocycles. The molecule has 7 heteroatoms. The first-order valence-corrected chi connectivity index (χ1v) is 10.7. The van der Waals surface area contributed by atoms with Crippen molar-refractivity contribution in [1.82, 2.24) is 5.32 Å². The average molecular weight is 431 g/mol. The summed E-state index contributed by atoms with van der Waals surface area (Å²) in [6.45, 7) is 9.88. The zero-order valence-electron chi connectivity index (χ0n) is 18.2. The molecular formula is C23H31ClN4O2. The van der Waals surface area contributed by atoms with E-state index in [0.29, 0.717) is 17.8 Å². The fraction of sp³-hybridized carbons (Fsp3) is 0.435. The molecule has 162 valence electrons. The van der Waals surface area contributed by atoms with Crippen LogP contribution in [-0.4, -0.2) is 37.0 Å². The Morgan fingerprint density at radius 2 is 1.93 bits per heavy atom. The van der Waals surface area contributed by atoms with Crippen LogP contribution in [-0.2, 0) is 9.59 Å². The Hall–Kier alpha value is -2.44. The minimum atomic E-state index is -0.401. The largest absolute Gasteiger partial charge is 0.371 e. The number of hydrogen-bond donors (Lipinski definition) is 2. The zero-order valence-corrected chi connectivity index (χ0v) is 19.0. The molecule has 1 amide bonds. The van der Waals surface area contributed by atoms with Gasteiger partial charge in [0, 0.05) is 25.7 Å². The van der Waals surface area contributed by atoms with Gasteiger partial charge in [-0.05, 0) is 68.6 Å². The van der Waals surface area contributed by atoms with Crippen molar-refractivity contribution >= 4 is 40.4 Å². The Bertz CT molecular complexity index is 894. The van der Waals surface area contributed by atoms with E-state index < -0.39 is 5.78 Å². The summed E-state index contributed by atoms with van der Waals surface area (Å²) < 4.78 is 0. The third kappa shape index (κ3) is 6.03. The molecule has 0 fully saturated rings. The number of halogens is 1. The van der Waals surface area contributed by atoms with Crippen LogP contribution in [0.1, 0.15) is 45.6 Å². The number of rotatable bonds is 9. The second-order valence-corrected chi connectivity index (χ2v) is 7.84. The van der Waals surface area contributed by atoms with Crippen molar-refractivity contribution < 1.29 is 9.59 Å². The summed E-state index contributed by atoms with van der Waals surface area (Å²) in [7, 11) is 0. The molecule has 0 unspecified atom stereocenters. The second kappa shape index (κ2) is 11.1. The molecule has 0 aliphatic heterocycles. The first-order valence-electron chi connectivity index (χ1n) is 10.3. The number of amides is 1. The van der Waals surface area contributed by atoms with Gasteiger partial charge in [0.2, 0.25) is 11.7 Å². The van der Waals surface area contributed by atoms with E-state index >= 15 is 0 Å². The van der Waals surface area contributed by atoms with E-state index in [2.05, 4.69) is 29.3 Å². The molecule has 1 aliphatic carbocycles. The van der Waals surface area contributed by atoms with Gasteiger partial charge in [0.05, 0.1) is 22.1 Å². The van der Waals surface area contributed by atoms with E-state index in [0.717, 1.165) is 49.3 Å². The molecule has 3 N–H and O–H groups in total. The first-order chi connectivity index (χ1) is 14.3. The van der Waals surface area contributed by atoms with Crippen molar-refractivity contribution in [2.75, 3.05) is 24.5 Å². The third-order valence-electron chi connectivity index (χ3n) is 4.95. The van der Waals surface area contributed by atoms with Crippen LogP contribution in [0.25, 0.3) is 0 Å². The Balaban J connectivity index is 2.37. The van der Waals surface area contributed by atoms with Gasteiger partial charge in [0.15, 0.2) is 0 Å². The van der Waals surface area contributed by atoms with E-state index in [-0.39, 0.29) is 16.6 Å². The Labute approximate surface area is 183 Å². The molecule has 6 nitrogen and oxygen atoms in total. The molecule has 1 aliphatic rings. The minimum absolute atomic E-state index is 0.0711. The number of ketones is 1. The lowest BCUT2D eigenvalue weighted by Gasteiger charge is -2.25. The Morgan fingerprint density at radius 3 is 2.53 bits per heavy atom. The van der Waals surface area contributed by atoms with Crippen molar-refractivity contribution in [2.45, 2.75) is 47.0 Å². The fourth-order valence-corrected chi connectivity index (χ4v) is 3.40. The van der Waals surface area contributed by atoms with Gasteiger partial charge in [0.1, 0.15) is 0 Å².